The van der Waals surface area contributed by atoms with Gasteiger partial charge in [-0.15, -0.1) is 0 Å². The molecule has 1 N–H and O–H groups in total. The van der Waals surface area contributed by atoms with E-state index in [1.807, 2.05) is 0 Å². The number of imide groups is 1. The van der Waals surface area contributed by atoms with Crippen LogP contribution in [0, 0.1) is 16.0 Å². The Balaban J connectivity index is 1.42. The summed E-state index contributed by atoms with van der Waals surface area (Å²) in [6.07, 6.45) is 0. The Morgan fingerprint density at radius 1 is 1.05 bits per heavy atom. The summed E-state index contributed by atoms with van der Waals surface area (Å²) in [7, 11) is 0. The second-order valence-corrected chi connectivity index (χ2v) is 12.5. The van der Waals surface area contributed by atoms with Crippen molar-refractivity contribution in [2.24, 2.45) is 5.92 Å². The van der Waals surface area contributed by atoms with Crippen LogP contribution in [0.3, 0.4) is 0 Å². The van der Waals surface area contributed by atoms with Crippen molar-refractivity contribution in [3.8, 4) is 5.75 Å². The zero-order valence-electron chi connectivity index (χ0n) is 22.9. The number of aromatic amines is 1. The topological polar surface area (TPSA) is 149 Å². The van der Waals surface area contributed by atoms with Crippen LogP contribution in [0.4, 0.5) is 11.4 Å². The molecule has 3 heterocycles. The molecule has 6 rings (SSSR count). The molecule has 1 fully saturated rings. The van der Waals surface area contributed by atoms with Crippen molar-refractivity contribution in [2.45, 2.75) is 29.7 Å². The zero-order valence-corrected chi connectivity index (χ0v) is 25.2. The van der Waals surface area contributed by atoms with E-state index in [1.54, 1.807) is 31.2 Å². The van der Waals surface area contributed by atoms with E-state index < -0.39 is 39.8 Å². The maximum atomic E-state index is 14.1. The largest absolute Gasteiger partial charge is 0.489 e. The van der Waals surface area contributed by atoms with Gasteiger partial charge in [0.25, 0.3) is 5.69 Å². The van der Waals surface area contributed by atoms with E-state index in [4.69, 9.17) is 21.1 Å². The third-order valence-electron chi connectivity index (χ3n) is 7.31. The first kappa shape index (κ1) is 29.6. The monoisotopic (exact) mass is 651 g/mol. The van der Waals surface area contributed by atoms with Crippen LogP contribution in [0.15, 0.2) is 76.6 Å². The van der Waals surface area contributed by atoms with Gasteiger partial charge in [0, 0.05) is 33.5 Å². The number of hydrogen-bond acceptors (Lipinski definition) is 10. The van der Waals surface area contributed by atoms with Crippen LogP contribution >= 0.6 is 34.7 Å². The lowest BCUT2D eigenvalue weighted by molar-refractivity contribution is -0.385. The van der Waals surface area contributed by atoms with E-state index in [9.17, 15) is 29.3 Å². The van der Waals surface area contributed by atoms with Gasteiger partial charge in [-0.05, 0) is 55.0 Å². The number of thiazole rings is 1. The number of ether oxygens (including phenoxy) is 2. The van der Waals surface area contributed by atoms with Crippen molar-refractivity contribution in [3.63, 3.8) is 0 Å². The second-order valence-electron chi connectivity index (χ2n) is 9.92. The summed E-state index contributed by atoms with van der Waals surface area (Å²) >= 11 is 7.97. The second kappa shape index (κ2) is 11.9. The van der Waals surface area contributed by atoms with Crippen LogP contribution in [-0.2, 0) is 20.9 Å². The van der Waals surface area contributed by atoms with Gasteiger partial charge in [-0.3, -0.25) is 24.5 Å². The summed E-state index contributed by atoms with van der Waals surface area (Å²) in [5, 5.41) is 11.9. The van der Waals surface area contributed by atoms with Crippen molar-refractivity contribution in [1.29, 1.82) is 0 Å². The van der Waals surface area contributed by atoms with Crippen LogP contribution < -0.4 is 14.5 Å². The van der Waals surface area contributed by atoms with Gasteiger partial charge in [0.2, 0.25) is 11.8 Å². The van der Waals surface area contributed by atoms with E-state index in [-0.39, 0.29) is 40.8 Å². The SMILES string of the molecule is CCOC(=O)c1ccc(N2C(=O)C3Sc4[nH]c(=O)sc4C(c4cc([N+](=O)[O-])ccc4OCc4ccc(Cl)cc4)C3C2=O)cc1. The van der Waals surface area contributed by atoms with Crippen molar-refractivity contribution in [1.82, 2.24) is 4.98 Å². The Bertz CT molecular complexity index is 1860. The fourth-order valence-corrected chi connectivity index (χ4v) is 7.97. The molecule has 2 aliphatic rings. The van der Waals surface area contributed by atoms with Gasteiger partial charge < -0.3 is 14.5 Å². The third kappa shape index (κ3) is 5.38. The van der Waals surface area contributed by atoms with E-state index in [2.05, 4.69) is 4.98 Å². The number of carbonyl (C=O) groups is 3. The number of nitro benzene ring substituents is 1. The first-order valence-corrected chi connectivity index (χ1v) is 15.4. The lowest BCUT2D eigenvalue weighted by atomic mass is 9.82. The van der Waals surface area contributed by atoms with Crippen molar-refractivity contribution < 1.29 is 28.8 Å². The van der Waals surface area contributed by atoms with Gasteiger partial charge in [-0.1, -0.05) is 46.8 Å². The highest BCUT2D eigenvalue weighted by Crippen LogP contribution is 2.55. The first-order valence-electron chi connectivity index (χ1n) is 13.4. The molecule has 2 amide bonds. The minimum atomic E-state index is -1.00. The van der Waals surface area contributed by atoms with Crippen LogP contribution in [0.2, 0.25) is 5.02 Å². The average Bonchev–Trinajstić information content (AvgIpc) is 3.51. The standard InChI is InChI=1S/C30H22ClN3O8S2/c1-2-41-29(37)16-5-9-18(10-6-16)33-27(35)23-22(24-26(32-30(38)44-24)43-25(23)28(33)36)20-13-19(34(39)40)11-12-21(20)42-14-15-3-7-17(31)8-4-15/h3-13,22-23,25H,2,14H2,1H3,(H,32,38). The smallest absolute Gasteiger partial charge is 0.338 e. The normalized spacial score (nSPS) is 19.0. The summed E-state index contributed by atoms with van der Waals surface area (Å²) in [4.78, 5) is 67.8. The number of amides is 2. The third-order valence-corrected chi connectivity index (χ3v) is 9.96. The highest BCUT2D eigenvalue weighted by Gasteiger charge is 2.57. The number of hydrogen-bond donors (Lipinski definition) is 1. The molecule has 2 aliphatic heterocycles. The van der Waals surface area contributed by atoms with E-state index in [0.29, 0.717) is 20.5 Å². The number of fused-ring (bicyclic) bond motifs is 2. The predicted molar refractivity (Wildman–Crippen MR) is 164 cm³/mol. The number of esters is 1. The van der Waals surface area contributed by atoms with Gasteiger partial charge >= 0.3 is 10.8 Å². The molecule has 4 aromatic rings. The molecule has 1 saturated heterocycles. The van der Waals surface area contributed by atoms with Crippen LogP contribution in [0.1, 0.15) is 39.2 Å². The van der Waals surface area contributed by atoms with Gasteiger partial charge in [0.15, 0.2) is 0 Å². The molecule has 11 nitrogen and oxygen atoms in total. The summed E-state index contributed by atoms with van der Waals surface area (Å²) in [5.41, 5.74) is 1.38. The fourth-order valence-electron chi connectivity index (χ4n) is 5.33. The molecule has 0 saturated carbocycles. The predicted octanol–water partition coefficient (Wildman–Crippen LogP) is 5.55. The molecule has 0 bridgehead atoms. The molecule has 14 heteroatoms. The number of aromatic nitrogens is 1. The number of non-ortho nitro benzene ring substituents is 1. The number of nitrogens with zero attached hydrogens (tertiary/aromatic N) is 2. The highest BCUT2D eigenvalue weighted by molar-refractivity contribution is 8.00. The average molecular weight is 652 g/mol. The van der Waals surface area contributed by atoms with Crippen molar-refractivity contribution in [3.05, 3.63) is 113 Å². The van der Waals surface area contributed by atoms with Gasteiger partial charge in [0.1, 0.15) is 17.6 Å². The minimum absolute atomic E-state index is 0.0968. The fraction of sp³-hybridized carbons (Fsp3) is 0.200. The van der Waals surface area contributed by atoms with Gasteiger partial charge in [-0.2, -0.15) is 0 Å². The molecule has 1 aromatic heterocycles. The molecule has 3 aromatic carbocycles. The Kier molecular flexibility index (Phi) is 8.01. The molecule has 3 unspecified atom stereocenters. The number of carbonyl (C=O) groups excluding carboxylic acids is 3. The maximum absolute atomic E-state index is 14.1. The Morgan fingerprint density at radius 2 is 1.77 bits per heavy atom. The van der Waals surface area contributed by atoms with E-state index in [0.717, 1.165) is 33.6 Å². The summed E-state index contributed by atoms with van der Waals surface area (Å²) in [5.74, 6) is -3.22. The van der Waals surface area contributed by atoms with Crippen LogP contribution in [-0.4, -0.2) is 39.5 Å². The van der Waals surface area contributed by atoms with E-state index >= 15 is 0 Å². The lowest BCUT2D eigenvalue weighted by Crippen LogP contribution is -2.32. The highest BCUT2D eigenvalue weighted by atomic mass is 35.5. The first-order chi connectivity index (χ1) is 21.2. The van der Waals surface area contributed by atoms with Crippen molar-refractivity contribution in [2.75, 3.05) is 11.5 Å². The summed E-state index contributed by atoms with van der Waals surface area (Å²) in [6.45, 7) is 1.98. The van der Waals surface area contributed by atoms with E-state index in [1.165, 1.54) is 42.5 Å². The molecule has 0 spiro atoms. The molecular weight excluding hydrogens is 630 g/mol. The summed E-state index contributed by atoms with van der Waals surface area (Å²) in [6, 6.07) is 17.0. The number of H-pyrrole nitrogens is 1. The molecule has 0 radical (unpaired) electrons. The Hall–Kier alpha value is -4.46. The number of halogens is 1. The number of anilines is 1. The quantitative estimate of drug-likeness (QED) is 0.112. The molecule has 0 aliphatic carbocycles. The van der Waals surface area contributed by atoms with Gasteiger partial charge in [-0.25, -0.2) is 9.69 Å². The lowest BCUT2D eigenvalue weighted by Gasteiger charge is -2.30. The number of benzene rings is 3. The van der Waals surface area contributed by atoms with Crippen LogP contribution in [0.25, 0.3) is 0 Å². The Labute approximate surface area is 262 Å². The zero-order chi connectivity index (χ0) is 31.1. The number of nitro groups is 1. The molecular formula is C30H22ClN3O8S2. The molecule has 3 atom stereocenters. The van der Waals surface area contributed by atoms with Crippen molar-refractivity contribution >= 4 is 63.9 Å². The number of rotatable bonds is 8. The van der Waals surface area contributed by atoms with Crippen LogP contribution in [0.5, 0.6) is 5.75 Å². The maximum Gasteiger partial charge on any atom is 0.338 e. The number of nitrogens with one attached hydrogen (secondary N) is 1. The summed E-state index contributed by atoms with van der Waals surface area (Å²) < 4.78 is 11.2. The minimum Gasteiger partial charge on any atom is -0.489 e. The van der Waals surface area contributed by atoms with Gasteiger partial charge in [0.05, 0.1) is 33.7 Å². The molecule has 224 valence electrons. The molecule has 44 heavy (non-hydrogen) atoms. The number of thioether (sulfide) groups is 1. The Morgan fingerprint density at radius 3 is 2.45 bits per heavy atom.